The zero-order chi connectivity index (χ0) is 13.0. The molecular weight excluding hydrogens is 218 g/mol. The maximum absolute atomic E-state index is 3.66. The maximum Gasteiger partial charge on any atom is 0.0345 e. The molecule has 0 saturated carbocycles. The summed E-state index contributed by atoms with van der Waals surface area (Å²) in [5.74, 6) is 0.701. The van der Waals surface area contributed by atoms with E-state index < -0.39 is 0 Å². The van der Waals surface area contributed by atoms with E-state index in [4.69, 9.17) is 0 Å². The smallest absolute Gasteiger partial charge is 0.0345 e. The van der Waals surface area contributed by atoms with Crippen molar-refractivity contribution in [3.05, 3.63) is 34.9 Å². The monoisotopic (exact) mass is 245 g/mol. The van der Waals surface area contributed by atoms with Crippen LogP contribution in [0.1, 0.15) is 62.8 Å². The molecule has 0 spiro atoms. The summed E-state index contributed by atoms with van der Waals surface area (Å²) >= 11 is 0. The second kappa shape index (κ2) is 6.38. The lowest BCUT2D eigenvalue weighted by Crippen LogP contribution is -2.26. The van der Waals surface area contributed by atoms with Gasteiger partial charge in [-0.1, -0.05) is 45.4 Å². The van der Waals surface area contributed by atoms with E-state index in [1.54, 1.807) is 11.1 Å². The fraction of sp³-hybridized carbons (Fsp3) is 0.647. The summed E-state index contributed by atoms with van der Waals surface area (Å²) in [6.07, 6.45) is 6.53. The van der Waals surface area contributed by atoms with Gasteiger partial charge < -0.3 is 5.32 Å². The van der Waals surface area contributed by atoms with Gasteiger partial charge in [-0.3, -0.25) is 0 Å². The summed E-state index contributed by atoms with van der Waals surface area (Å²) in [6.45, 7) is 7.89. The van der Waals surface area contributed by atoms with Crippen LogP contribution >= 0.6 is 0 Å². The van der Waals surface area contributed by atoms with Gasteiger partial charge in [0.15, 0.2) is 0 Å². The van der Waals surface area contributed by atoms with Gasteiger partial charge in [0.1, 0.15) is 0 Å². The highest BCUT2D eigenvalue weighted by molar-refractivity contribution is 5.35. The summed E-state index contributed by atoms with van der Waals surface area (Å²) in [5, 5.41) is 3.66. The molecule has 0 aromatic heterocycles. The van der Waals surface area contributed by atoms with E-state index in [9.17, 15) is 0 Å². The van der Waals surface area contributed by atoms with E-state index in [1.165, 1.54) is 37.7 Å². The van der Waals surface area contributed by atoms with Crippen LogP contribution in [0.3, 0.4) is 0 Å². The molecule has 1 heteroatoms. The van der Waals surface area contributed by atoms with Crippen molar-refractivity contribution in [2.45, 2.75) is 58.9 Å². The van der Waals surface area contributed by atoms with Crippen LogP contribution in [0.15, 0.2) is 18.2 Å². The number of benzene rings is 1. The first-order valence-corrected chi connectivity index (χ1v) is 7.61. The number of hydrogen-bond acceptors (Lipinski definition) is 1. The minimum Gasteiger partial charge on any atom is -0.310 e. The molecule has 0 saturated heterocycles. The van der Waals surface area contributed by atoms with Crippen molar-refractivity contribution in [3.63, 3.8) is 0 Å². The van der Waals surface area contributed by atoms with Gasteiger partial charge in [-0.2, -0.15) is 0 Å². The Balaban J connectivity index is 2.24. The SMILES string of the molecule is CCNC(c1ccc2c(c1)CCCC2)C(C)CC. The van der Waals surface area contributed by atoms with Crippen LogP contribution in [0.25, 0.3) is 0 Å². The number of nitrogens with one attached hydrogen (secondary N) is 1. The Kier molecular flexibility index (Phi) is 4.82. The lowest BCUT2D eigenvalue weighted by Gasteiger charge is -2.26. The van der Waals surface area contributed by atoms with E-state index in [1.807, 2.05) is 0 Å². The molecule has 0 bridgehead atoms. The summed E-state index contributed by atoms with van der Waals surface area (Å²) in [5.41, 5.74) is 4.68. The van der Waals surface area contributed by atoms with Crippen LogP contribution < -0.4 is 5.32 Å². The highest BCUT2D eigenvalue weighted by Crippen LogP contribution is 2.29. The predicted octanol–water partition coefficient (Wildman–Crippen LogP) is 4.26. The largest absolute Gasteiger partial charge is 0.310 e. The molecule has 0 fully saturated rings. The van der Waals surface area contributed by atoms with Crippen LogP contribution in [-0.2, 0) is 12.8 Å². The van der Waals surface area contributed by atoms with E-state index in [-0.39, 0.29) is 0 Å². The molecule has 0 aliphatic heterocycles. The Bertz CT molecular complexity index is 383. The third-order valence-corrected chi connectivity index (χ3v) is 4.37. The van der Waals surface area contributed by atoms with Gasteiger partial charge in [0.05, 0.1) is 0 Å². The van der Waals surface area contributed by atoms with Crippen molar-refractivity contribution in [1.82, 2.24) is 5.32 Å². The molecule has 2 unspecified atom stereocenters. The molecular formula is C17H27N. The molecule has 1 aromatic rings. The van der Waals surface area contributed by atoms with Crippen LogP contribution in [0.2, 0.25) is 0 Å². The van der Waals surface area contributed by atoms with Gasteiger partial charge in [-0.05, 0) is 54.8 Å². The lowest BCUT2D eigenvalue weighted by molar-refractivity contribution is 0.383. The fourth-order valence-corrected chi connectivity index (χ4v) is 3.05. The normalized spacial score (nSPS) is 18.2. The molecule has 0 radical (unpaired) electrons. The number of fused-ring (bicyclic) bond motifs is 1. The third kappa shape index (κ3) is 2.95. The predicted molar refractivity (Wildman–Crippen MR) is 79.0 cm³/mol. The summed E-state index contributed by atoms with van der Waals surface area (Å²) in [6, 6.07) is 7.71. The van der Waals surface area contributed by atoms with Crippen LogP contribution in [0.5, 0.6) is 0 Å². The highest BCUT2D eigenvalue weighted by Gasteiger charge is 2.18. The topological polar surface area (TPSA) is 12.0 Å². The molecule has 2 rings (SSSR count). The Hall–Kier alpha value is -0.820. The first-order chi connectivity index (χ1) is 8.76. The Morgan fingerprint density at radius 1 is 1.11 bits per heavy atom. The number of hydrogen-bond donors (Lipinski definition) is 1. The van der Waals surface area contributed by atoms with Crippen molar-refractivity contribution in [1.29, 1.82) is 0 Å². The van der Waals surface area contributed by atoms with Crippen molar-refractivity contribution in [2.75, 3.05) is 6.54 Å². The van der Waals surface area contributed by atoms with Crippen LogP contribution in [0.4, 0.5) is 0 Å². The first-order valence-electron chi connectivity index (χ1n) is 7.61. The molecule has 1 nitrogen and oxygen atoms in total. The second-order valence-electron chi connectivity index (χ2n) is 5.66. The Morgan fingerprint density at radius 2 is 1.83 bits per heavy atom. The highest BCUT2D eigenvalue weighted by atomic mass is 14.9. The zero-order valence-corrected chi connectivity index (χ0v) is 12.1. The van der Waals surface area contributed by atoms with Crippen LogP contribution in [-0.4, -0.2) is 6.54 Å². The van der Waals surface area contributed by atoms with Crippen LogP contribution in [0, 0.1) is 5.92 Å². The van der Waals surface area contributed by atoms with E-state index in [0.29, 0.717) is 12.0 Å². The minimum atomic E-state index is 0.521. The van der Waals surface area contributed by atoms with Gasteiger partial charge in [0.2, 0.25) is 0 Å². The molecule has 1 N–H and O–H groups in total. The molecule has 1 aliphatic carbocycles. The van der Waals surface area contributed by atoms with Gasteiger partial charge in [0, 0.05) is 6.04 Å². The first kappa shape index (κ1) is 13.6. The standard InChI is InChI=1S/C17H27N/c1-4-13(3)17(18-5-2)16-11-10-14-8-6-7-9-15(14)12-16/h10-13,17-18H,4-9H2,1-3H3. The molecule has 0 amide bonds. The Labute approximate surface area is 112 Å². The van der Waals surface area contributed by atoms with Crippen molar-refractivity contribution in [3.8, 4) is 0 Å². The number of aryl methyl sites for hydroxylation is 2. The molecule has 2 atom stereocenters. The molecule has 100 valence electrons. The van der Waals surface area contributed by atoms with Crippen molar-refractivity contribution in [2.24, 2.45) is 5.92 Å². The lowest BCUT2D eigenvalue weighted by atomic mass is 9.86. The minimum absolute atomic E-state index is 0.521. The van der Waals surface area contributed by atoms with Gasteiger partial charge in [0.25, 0.3) is 0 Å². The van der Waals surface area contributed by atoms with E-state index in [0.717, 1.165) is 6.54 Å². The molecule has 0 heterocycles. The Morgan fingerprint density at radius 3 is 2.50 bits per heavy atom. The zero-order valence-electron chi connectivity index (χ0n) is 12.1. The maximum atomic E-state index is 3.66. The third-order valence-electron chi connectivity index (χ3n) is 4.37. The van der Waals surface area contributed by atoms with Gasteiger partial charge in [-0.25, -0.2) is 0 Å². The average Bonchev–Trinajstić information content (AvgIpc) is 2.43. The molecule has 1 aromatic carbocycles. The number of rotatable bonds is 5. The fourth-order valence-electron chi connectivity index (χ4n) is 3.05. The van der Waals surface area contributed by atoms with E-state index >= 15 is 0 Å². The summed E-state index contributed by atoms with van der Waals surface area (Å²) in [7, 11) is 0. The van der Waals surface area contributed by atoms with Crippen molar-refractivity contribution >= 4 is 0 Å². The summed E-state index contributed by atoms with van der Waals surface area (Å²) < 4.78 is 0. The van der Waals surface area contributed by atoms with Gasteiger partial charge in [-0.15, -0.1) is 0 Å². The molecule has 1 aliphatic rings. The quantitative estimate of drug-likeness (QED) is 0.817. The average molecular weight is 245 g/mol. The van der Waals surface area contributed by atoms with Gasteiger partial charge >= 0.3 is 0 Å². The van der Waals surface area contributed by atoms with E-state index in [2.05, 4.69) is 44.3 Å². The summed E-state index contributed by atoms with van der Waals surface area (Å²) in [4.78, 5) is 0. The van der Waals surface area contributed by atoms with Crippen molar-refractivity contribution < 1.29 is 0 Å². The second-order valence-corrected chi connectivity index (χ2v) is 5.66. The molecule has 18 heavy (non-hydrogen) atoms.